The van der Waals surface area contributed by atoms with Crippen LogP contribution in [0.15, 0.2) is 11.0 Å². The van der Waals surface area contributed by atoms with Gasteiger partial charge in [0.1, 0.15) is 5.82 Å². The molecular weight excluding hydrogens is 229 g/mol. The summed E-state index contributed by atoms with van der Waals surface area (Å²) >= 11 is 4.18. The summed E-state index contributed by atoms with van der Waals surface area (Å²) in [6.07, 6.45) is 1.18. The molecule has 14 heavy (non-hydrogen) atoms. The van der Waals surface area contributed by atoms with Crippen molar-refractivity contribution in [3.8, 4) is 0 Å². The van der Waals surface area contributed by atoms with Crippen molar-refractivity contribution in [1.29, 1.82) is 0 Å². The minimum atomic E-state index is -3.93. The highest BCUT2D eigenvalue weighted by Crippen LogP contribution is 2.31. The van der Waals surface area contributed by atoms with E-state index in [4.69, 9.17) is 15.5 Å². The lowest BCUT2D eigenvalue weighted by atomic mass is 10.4. The molecule has 1 aromatic heterocycles. The van der Waals surface area contributed by atoms with Crippen LogP contribution < -0.4 is 16.0 Å². The van der Waals surface area contributed by atoms with E-state index in [0.717, 1.165) is 0 Å². The topological polar surface area (TPSA) is 111 Å². The van der Waals surface area contributed by atoms with Crippen molar-refractivity contribution in [2.45, 2.75) is 6.92 Å². The Kier molecular flexibility index (Phi) is 2.91. The number of anilines is 1. The summed E-state index contributed by atoms with van der Waals surface area (Å²) in [5.41, 5.74) is 4.94. The van der Waals surface area contributed by atoms with E-state index < -0.39 is 12.4 Å². The molecule has 7 nitrogen and oxygen atoms in total. The van der Waals surface area contributed by atoms with E-state index in [1.165, 1.54) is 6.20 Å². The van der Waals surface area contributed by atoms with Gasteiger partial charge in [-0.2, -0.15) is 4.98 Å². The second-order valence-corrected chi connectivity index (χ2v) is 5.06. The van der Waals surface area contributed by atoms with Gasteiger partial charge in [-0.1, -0.05) is 0 Å². The number of nitrogens with zero attached hydrogens (tertiary/aromatic N) is 2. The SMILES string of the molecule is Cc1cn(OP(O)(O)=S)c(=O)nc1N. The average molecular weight is 237 g/mol. The fourth-order valence-electron chi connectivity index (χ4n) is 0.711. The fourth-order valence-corrected chi connectivity index (χ4v) is 1.27. The minimum absolute atomic E-state index is 0.0547. The summed E-state index contributed by atoms with van der Waals surface area (Å²) in [5.74, 6) is 0.0547. The largest absolute Gasteiger partial charge is 0.395 e. The van der Waals surface area contributed by atoms with E-state index in [9.17, 15) is 4.79 Å². The molecule has 78 valence electrons. The maximum Gasteiger partial charge on any atom is 0.395 e. The average Bonchev–Trinajstić information content (AvgIpc) is 1.97. The van der Waals surface area contributed by atoms with E-state index in [-0.39, 0.29) is 5.82 Å². The molecule has 0 aromatic carbocycles. The van der Waals surface area contributed by atoms with Gasteiger partial charge in [0, 0.05) is 17.4 Å². The summed E-state index contributed by atoms with van der Waals surface area (Å²) in [6.45, 7) is -2.35. The molecule has 4 N–H and O–H groups in total. The first-order valence-electron chi connectivity index (χ1n) is 3.41. The predicted molar refractivity (Wildman–Crippen MR) is 52.9 cm³/mol. The van der Waals surface area contributed by atoms with Crippen LogP contribution in [-0.2, 0) is 11.8 Å². The van der Waals surface area contributed by atoms with E-state index in [0.29, 0.717) is 10.3 Å². The zero-order chi connectivity index (χ0) is 10.9. The Bertz CT molecular complexity index is 453. The van der Waals surface area contributed by atoms with Crippen LogP contribution in [0.1, 0.15) is 5.56 Å². The third-order valence-electron chi connectivity index (χ3n) is 1.31. The van der Waals surface area contributed by atoms with Gasteiger partial charge in [0.2, 0.25) is 0 Å². The van der Waals surface area contributed by atoms with E-state index in [2.05, 4.69) is 21.4 Å². The molecule has 0 radical (unpaired) electrons. The van der Waals surface area contributed by atoms with Crippen LogP contribution in [0.3, 0.4) is 0 Å². The zero-order valence-corrected chi connectivity index (χ0v) is 8.83. The van der Waals surface area contributed by atoms with Gasteiger partial charge < -0.3 is 20.1 Å². The second-order valence-electron chi connectivity index (χ2n) is 2.49. The first-order valence-corrected chi connectivity index (χ1v) is 6.03. The normalized spacial score (nSPS) is 11.4. The lowest BCUT2D eigenvalue weighted by Gasteiger charge is -2.11. The van der Waals surface area contributed by atoms with Gasteiger partial charge in [0.05, 0.1) is 6.20 Å². The lowest BCUT2D eigenvalue weighted by molar-refractivity contribution is 0.211. The van der Waals surface area contributed by atoms with Crippen LogP contribution in [0.2, 0.25) is 0 Å². The molecule has 0 amide bonds. The molecule has 0 saturated carbocycles. The third kappa shape index (κ3) is 2.78. The van der Waals surface area contributed by atoms with E-state index in [1.54, 1.807) is 6.92 Å². The second kappa shape index (κ2) is 3.66. The Morgan fingerprint density at radius 2 is 2.29 bits per heavy atom. The molecule has 0 spiro atoms. The van der Waals surface area contributed by atoms with Crippen molar-refractivity contribution >= 4 is 24.3 Å². The number of nitrogen functional groups attached to an aromatic ring is 1. The number of hydrogen-bond acceptors (Lipinski definition) is 5. The predicted octanol–water partition coefficient (Wildman–Crippen LogP) is -1.23. The maximum atomic E-state index is 11.1. The van der Waals surface area contributed by atoms with Crippen molar-refractivity contribution in [3.05, 3.63) is 22.2 Å². The monoisotopic (exact) mass is 237 g/mol. The van der Waals surface area contributed by atoms with Crippen LogP contribution in [0, 0.1) is 6.92 Å². The number of aryl methyl sites for hydroxylation is 1. The molecule has 0 atom stereocenters. The Labute approximate surface area is 84.0 Å². The van der Waals surface area contributed by atoms with Gasteiger partial charge in [0.15, 0.2) is 0 Å². The van der Waals surface area contributed by atoms with Crippen LogP contribution in [-0.4, -0.2) is 19.5 Å². The maximum absolute atomic E-state index is 11.1. The highest BCUT2D eigenvalue weighted by atomic mass is 32.5. The van der Waals surface area contributed by atoms with Gasteiger partial charge in [0.25, 0.3) is 0 Å². The van der Waals surface area contributed by atoms with Crippen LogP contribution in [0.5, 0.6) is 0 Å². The van der Waals surface area contributed by atoms with Gasteiger partial charge in [-0.3, -0.25) is 0 Å². The van der Waals surface area contributed by atoms with E-state index >= 15 is 0 Å². The molecule has 0 fully saturated rings. The molecule has 0 saturated heterocycles. The summed E-state index contributed by atoms with van der Waals surface area (Å²) in [5, 5.41) is 0. The van der Waals surface area contributed by atoms with Crippen molar-refractivity contribution in [2.24, 2.45) is 0 Å². The first-order chi connectivity index (χ1) is 6.29. The molecule has 0 unspecified atom stereocenters. The quantitative estimate of drug-likeness (QED) is 0.552. The number of nitrogens with two attached hydrogens (primary N) is 1. The molecule has 1 heterocycles. The zero-order valence-electron chi connectivity index (χ0n) is 7.12. The highest BCUT2D eigenvalue weighted by Gasteiger charge is 2.12. The summed E-state index contributed by atoms with van der Waals surface area (Å²) in [6, 6.07) is 0. The lowest BCUT2D eigenvalue weighted by Crippen LogP contribution is -2.28. The Balaban J connectivity index is 3.18. The fraction of sp³-hybridized carbons (Fsp3) is 0.200. The van der Waals surface area contributed by atoms with Crippen molar-refractivity contribution in [2.75, 3.05) is 5.73 Å². The molecule has 0 bridgehead atoms. The minimum Gasteiger partial charge on any atom is -0.383 e. The summed E-state index contributed by atoms with van der Waals surface area (Å²) < 4.78 is 4.94. The van der Waals surface area contributed by atoms with Crippen molar-refractivity contribution < 1.29 is 14.4 Å². The van der Waals surface area contributed by atoms with Gasteiger partial charge in [-0.15, -0.1) is 4.73 Å². The molecule has 1 rings (SSSR count). The highest BCUT2D eigenvalue weighted by molar-refractivity contribution is 8.06. The number of hydrogen-bond donors (Lipinski definition) is 3. The Morgan fingerprint density at radius 1 is 1.71 bits per heavy atom. The molecule has 0 aliphatic heterocycles. The molecule has 0 aliphatic carbocycles. The van der Waals surface area contributed by atoms with Crippen molar-refractivity contribution in [1.82, 2.24) is 9.71 Å². The van der Waals surface area contributed by atoms with Crippen molar-refractivity contribution in [3.63, 3.8) is 0 Å². The van der Waals surface area contributed by atoms with Crippen LogP contribution in [0.4, 0.5) is 5.82 Å². The Morgan fingerprint density at radius 3 is 2.79 bits per heavy atom. The Hall–Kier alpha value is -0.950. The standard InChI is InChI=1S/C5H8N3O4PS/c1-3-2-8(12-13(10,11)14)5(9)7-4(3)6/h2H,1H3,(H2,6,7,9)(H2,10,11,14). The van der Waals surface area contributed by atoms with Crippen LogP contribution >= 0.6 is 6.72 Å². The summed E-state index contributed by atoms with van der Waals surface area (Å²) in [4.78, 5) is 32.0. The number of rotatable bonds is 2. The molecule has 0 aliphatic rings. The first kappa shape index (κ1) is 11.1. The smallest absolute Gasteiger partial charge is 0.383 e. The third-order valence-corrected chi connectivity index (χ3v) is 1.90. The van der Waals surface area contributed by atoms with E-state index in [1.807, 2.05) is 0 Å². The van der Waals surface area contributed by atoms with Gasteiger partial charge >= 0.3 is 12.4 Å². The molecule has 1 aromatic rings. The number of aromatic nitrogens is 2. The molecular formula is C5H8N3O4PS. The molecule has 9 heteroatoms. The van der Waals surface area contributed by atoms with Gasteiger partial charge in [-0.25, -0.2) is 4.79 Å². The van der Waals surface area contributed by atoms with Gasteiger partial charge in [-0.05, 0) is 6.92 Å². The summed E-state index contributed by atoms with van der Waals surface area (Å²) in [7, 11) is 0. The van der Waals surface area contributed by atoms with Crippen LogP contribution in [0.25, 0.3) is 0 Å².